The number of fused-ring (bicyclic) bond motifs is 5. The normalized spacial score (nSPS) is 51.7. The molecule has 4 heterocycles. The molecule has 14 N–H and O–H groups in total. The van der Waals surface area contributed by atoms with E-state index in [4.69, 9.17) is 37.9 Å². The van der Waals surface area contributed by atoms with Crippen LogP contribution in [-0.2, 0) is 42.7 Å². The van der Waals surface area contributed by atoms with Crippen LogP contribution < -0.4 is 0 Å². The molecule has 4 aliphatic carbocycles. The second kappa shape index (κ2) is 22.4. The maximum absolute atomic E-state index is 14.8. The van der Waals surface area contributed by atoms with Crippen LogP contribution in [0, 0.1) is 45.3 Å². The summed E-state index contributed by atoms with van der Waals surface area (Å²) < 4.78 is 49.5. The van der Waals surface area contributed by atoms with Gasteiger partial charge in [-0.3, -0.25) is 4.79 Å². The Labute approximate surface area is 443 Å². The van der Waals surface area contributed by atoms with Crippen LogP contribution in [0.1, 0.15) is 107 Å². The molecular weight excluding hydrogens is 1000 g/mol. The van der Waals surface area contributed by atoms with E-state index in [0.29, 0.717) is 38.5 Å². The van der Waals surface area contributed by atoms with E-state index >= 15 is 0 Å². The topological polar surface area (TPSA) is 374 Å². The van der Waals surface area contributed by atoms with Gasteiger partial charge in [-0.25, -0.2) is 0 Å². The summed E-state index contributed by atoms with van der Waals surface area (Å²) in [5.74, 6) is -1.50. The van der Waals surface area contributed by atoms with E-state index in [2.05, 4.69) is 27.7 Å². The summed E-state index contributed by atoms with van der Waals surface area (Å²) in [5, 5.41) is 151. The molecule has 0 unspecified atom stereocenters. The zero-order valence-electron chi connectivity index (χ0n) is 44.9. The van der Waals surface area contributed by atoms with Gasteiger partial charge in [0.05, 0.1) is 49.8 Å². The number of rotatable bonds is 15. The Bertz CT molecular complexity index is 2020. The quantitative estimate of drug-likeness (QED) is 0.0601. The van der Waals surface area contributed by atoms with Crippen LogP contribution in [0.4, 0.5) is 0 Å². The number of hydrogen-bond acceptors (Lipinski definition) is 23. The molecule has 23 heteroatoms. The SMILES string of the molecule is C[C@@H]1O[C@@H](O[C@H]2[C@H](O[C@H]3CC[C@]4(C)[C@H]5CC[C@@H]6[C@@H]([C@@](C)(O)C/C=C/C(C)(C)O)C(=O)C[C@@]6(CO[C@@H]6O[C@H](CO)[C@@H](O)[C@H](O)[C@H]6O)[C@]5(C)CC[C@H]4C3(C)C)OC[C@H](O)[C@@H]2O[C@@H]2O[C@H](CO)[C@@H](O)[C@H](O)[C@H]2O)[C@H](O)[C@H](O)[C@H]1O. The van der Waals surface area contributed by atoms with Gasteiger partial charge in [-0.15, -0.1) is 0 Å². The first-order chi connectivity index (χ1) is 35.4. The first-order valence-corrected chi connectivity index (χ1v) is 27.2. The predicted molar refractivity (Wildman–Crippen MR) is 261 cm³/mol. The van der Waals surface area contributed by atoms with E-state index < -0.39 is 187 Å². The van der Waals surface area contributed by atoms with Crippen molar-refractivity contribution in [3.63, 3.8) is 0 Å². The molecular formula is C53H88O23. The third kappa shape index (κ3) is 10.7. The second-order valence-corrected chi connectivity index (χ2v) is 25.5. The smallest absolute Gasteiger partial charge is 0.187 e. The molecule has 0 bridgehead atoms. The largest absolute Gasteiger partial charge is 0.394 e. The number of carbonyl (C=O) groups excluding carboxylic acids is 1. The number of ketones is 1. The molecule has 4 saturated carbocycles. The number of Topliss-reactive ketones (excluding diaryl/α,β-unsaturated/α-hetero) is 1. The van der Waals surface area contributed by atoms with Crippen LogP contribution >= 0.6 is 0 Å². The van der Waals surface area contributed by atoms with Crippen LogP contribution in [0.3, 0.4) is 0 Å². The van der Waals surface area contributed by atoms with Gasteiger partial charge in [0, 0.05) is 17.8 Å². The molecule has 0 aromatic heterocycles. The Kier molecular flexibility index (Phi) is 17.8. The highest BCUT2D eigenvalue weighted by atomic mass is 16.8. The van der Waals surface area contributed by atoms with Crippen LogP contribution in [-0.4, -0.2) is 238 Å². The summed E-state index contributed by atoms with van der Waals surface area (Å²) in [6, 6.07) is 0. The van der Waals surface area contributed by atoms with E-state index in [1.54, 1.807) is 32.9 Å². The Morgan fingerprint density at radius 3 is 1.82 bits per heavy atom. The Morgan fingerprint density at radius 2 is 1.21 bits per heavy atom. The molecule has 8 fully saturated rings. The van der Waals surface area contributed by atoms with Gasteiger partial charge in [0.25, 0.3) is 0 Å². The van der Waals surface area contributed by atoms with Gasteiger partial charge < -0.3 is 109 Å². The van der Waals surface area contributed by atoms with E-state index in [1.807, 2.05) is 0 Å². The predicted octanol–water partition coefficient (Wildman–Crippen LogP) is -2.38. The van der Waals surface area contributed by atoms with E-state index in [9.17, 15) is 76.3 Å². The zero-order valence-corrected chi connectivity index (χ0v) is 44.9. The average Bonchev–Trinajstić information content (AvgIpc) is 3.75. The number of aliphatic hydroxyl groups is 14. The molecule has 76 heavy (non-hydrogen) atoms. The lowest BCUT2D eigenvalue weighted by Gasteiger charge is -2.70. The van der Waals surface area contributed by atoms with Crippen LogP contribution in [0.25, 0.3) is 0 Å². The third-order valence-corrected chi connectivity index (χ3v) is 19.9. The maximum atomic E-state index is 14.8. The summed E-state index contributed by atoms with van der Waals surface area (Å²) in [6.07, 6.45) is -23.6. The van der Waals surface area contributed by atoms with Gasteiger partial charge in [-0.1, -0.05) is 39.8 Å². The standard InChI is InChI=1S/C53H88O23/c1-23-33(58)36(61)40(65)45(71-23)76-43-42(75-46-41(66)38(63)35(60)28(20-55)73-46)26(57)21-69-47(43)74-31-13-16-50(6)29(49(31,4)5)12-17-51(7)30(50)11-10-24-32(52(8,68)15-9-14-48(2,3)67)25(56)18-53(24,51)22-70-44-39(64)37(62)34(59)27(19-54)72-44/h9,14,23-24,26-47,54-55,57-68H,10-13,15-22H2,1-8H3/b14-9+/t23-,24+,26-,27+,28+,29-,30+,31-,32+,33-,34+,35+,36+,37-,38-,39+,40+,41+,42-,43+,44+,45-,46-,47-,50-,51+,52-,53-/m0/s1. The number of hydrogen-bond donors (Lipinski definition) is 14. The second-order valence-electron chi connectivity index (χ2n) is 25.5. The molecule has 4 saturated heterocycles. The minimum Gasteiger partial charge on any atom is -0.394 e. The minimum absolute atomic E-state index is 0.0286. The highest BCUT2D eigenvalue weighted by molar-refractivity contribution is 5.86. The summed E-state index contributed by atoms with van der Waals surface area (Å²) in [6.45, 7) is 13.0. The first-order valence-electron chi connectivity index (χ1n) is 27.2. The lowest BCUT2D eigenvalue weighted by Crippen LogP contribution is -2.67. The first kappa shape index (κ1) is 60.6. The fraction of sp³-hybridized carbons (Fsp3) is 0.943. The molecule has 28 atom stereocenters. The molecule has 0 amide bonds. The van der Waals surface area contributed by atoms with Crippen molar-refractivity contribution in [1.29, 1.82) is 0 Å². The molecule has 438 valence electrons. The number of carbonyl (C=O) groups is 1. The van der Waals surface area contributed by atoms with Gasteiger partial charge in [-0.2, -0.15) is 0 Å². The monoisotopic (exact) mass is 1090 g/mol. The number of ether oxygens (including phenoxy) is 8. The Balaban J connectivity index is 1.09. The van der Waals surface area contributed by atoms with Crippen molar-refractivity contribution in [1.82, 2.24) is 0 Å². The summed E-state index contributed by atoms with van der Waals surface area (Å²) in [4.78, 5) is 14.8. The molecule has 0 aromatic rings. The average molecular weight is 1090 g/mol. The van der Waals surface area contributed by atoms with Gasteiger partial charge in [0.15, 0.2) is 25.2 Å². The van der Waals surface area contributed by atoms with E-state index in [0.717, 1.165) is 0 Å². The maximum Gasteiger partial charge on any atom is 0.187 e. The van der Waals surface area contributed by atoms with Crippen molar-refractivity contribution in [3.05, 3.63) is 12.2 Å². The van der Waals surface area contributed by atoms with Crippen LogP contribution in [0.2, 0.25) is 0 Å². The highest BCUT2D eigenvalue weighted by Crippen LogP contribution is 2.76. The summed E-state index contributed by atoms with van der Waals surface area (Å²) in [7, 11) is 0. The molecule has 4 aliphatic heterocycles. The van der Waals surface area contributed by atoms with Crippen molar-refractivity contribution in [2.24, 2.45) is 45.3 Å². The molecule has 8 rings (SSSR count). The van der Waals surface area contributed by atoms with Crippen molar-refractivity contribution in [3.8, 4) is 0 Å². The molecule has 0 aromatic carbocycles. The van der Waals surface area contributed by atoms with Crippen molar-refractivity contribution in [2.45, 2.75) is 241 Å². The molecule has 8 aliphatic rings. The summed E-state index contributed by atoms with van der Waals surface area (Å²) >= 11 is 0. The minimum atomic E-state index is -1.87. The fourth-order valence-electron chi connectivity index (χ4n) is 15.7. The Hall–Kier alpha value is -1.47. The summed E-state index contributed by atoms with van der Waals surface area (Å²) in [5.41, 5.74) is -5.35. The van der Waals surface area contributed by atoms with Crippen LogP contribution in [0.15, 0.2) is 12.2 Å². The molecule has 0 spiro atoms. The van der Waals surface area contributed by atoms with Crippen LogP contribution in [0.5, 0.6) is 0 Å². The zero-order chi connectivity index (χ0) is 56.0. The highest BCUT2D eigenvalue weighted by Gasteiger charge is 2.73. The van der Waals surface area contributed by atoms with Crippen molar-refractivity contribution in [2.75, 3.05) is 26.4 Å². The fourth-order valence-corrected chi connectivity index (χ4v) is 15.7. The van der Waals surface area contributed by atoms with Gasteiger partial charge in [0.1, 0.15) is 91.2 Å². The Morgan fingerprint density at radius 1 is 0.645 bits per heavy atom. The van der Waals surface area contributed by atoms with Crippen molar-refractivity contribution < 1.29 is 114 Å². The van der Waals surface area contributed by atoms with Crippen molar-refractivity contribution >= 4 is 5.78 Å². The molecule has 23 nitrogen and oxygen atoms in total. The van der Waals surface area contributed by atoms with Gasteiger partial charge in [0.2, 0.25) is 0 Å². The van der Waals surface area contributed by atoms with E-state index in [-0.39, 0.29) is 37.1 Å². The lowest BCUT2D eigenvalue weighted by atomic mass is 9.35. The lowest BCUT2D eigenvalue weighted by molar-refractivity contribution is -0.388. The third-order valence-electron chi connectivity index (χ3n) is 19.9. The number of aliphatic hydroxyl groups excluding tert-OH is 12. The molecule has 0 radical (unpaired) electrons. The van der Waals surface area contributed by atoms with E-state index in [1.165, 1.54) is 6.92 Å². The van der Waals surface area contributed by atoms with Gasteiger partial charge in [-0.05, 0) is 107 Å². The van der Waals surface area contributed by atoms with Gasteiger partial charge >= 0.3 is 0 Å².